The number of benzene rings is 1. The third kappa shape index (κ3) is 3.31. The van der Waals surface area contributed by atoms with Crippen LogP contribution in [0.3, 0.4) is 0 Å². The maximum Gasteiger partial charge on any atom is 0.225 e. The van der Waals surface area contributed by atoms with Crippen molar-refractivity contribution in [2.45, 2.75) is 39.0 Å². The van der Waals surface area contributed by atoms with E-state index in [2.05, 4.69) is 22.2 Å². The van der Waals surface area contributed by atoms with E-state index in [1.54, 1.807) is 11.3 Å². The number of aryl methyl sites for hydroxylation is 2. The van der Waals surface area contributed by atoms with E-state index in [0.29, 0.717) is 6.61 Å². The number of halogens is 1. The normalized spacial score (nSPS) is 13.7. The highest BCUT2D eigenvalue weighted by atomic mass is 35.5. The number of nitrogens with zero attached hydrogens (tertiary/aromatic N) is 2. The van der Waals surface area contributed by atoms with E-state index in [0.717, 1.165) is 46.7 Å². The maximum absolute atomic E-state index is 6.19. The topological polar surface area (TPSA) is 47.0 Å². The van der Waals surface area contributed by atoms with Gasteiger partial charge in [-0.05, 0) is 61.4 Å². The summed E-state index contributed by atoms with van der Waals surface area (Å²) in [4.78, 5) is 11.3. The Kier molecular flexibility index (Phi) is 4.77. The number of nitrogens with one attached hydrogen (secondary N) is 1. The van der Waals surface area contributed by atoms with Crippen LogP contribution >= 0.6 is 22.9 Å². The summed E-state index contributed by atoms with van der Waals surface area (Å²) < 4.78 is 5.86. The standard InChI is InChI=1S/C19H20ClN3OS/c1-2-11-24-14-9-5-4-8-13(14)21-17-16-12-7-3-6-10-15(12)25-18(16)23-19(20)22-17/h4-5,8-9H,2-3,6-7,10-11H2,1H3,(H,21,22,23). The van der Waals surface area contributed by atoms with Crippen LogP contribution < -0.4 is 10.1 Å². The van der Waals surface area contributed by atoms with Crippen molar-refractivity contribution in [3.05, 3.63) is 40.0 Å². The van der Waals surface area contributed by atoms with Gasteiger partial charge in [0.1, 0.15) is 16.4 Å². The first-order valence-electron chi connectivity index (χ1n) is 8.73. The van der Waals surface area contributed by atoms with Gasteiger partial charge in [0, 0.05) is 4.88 Å². The molecule has 0 aliphatic heterocycles. The Morgan fingerprint density at radius 1 is 1.20 bits per heavy atom. The highest BCUT2D eigenvalue weighted by Crippen LogP contribution is 2.40. The molecule has 0 fully saturated rings. The van der Waals surface area contributed by atoms with Gasteiger partial charge in [-0.3, -0.25) is 0 Å². The Balaban J connectivity index is 1.78. The molecule has 130 valence electrons. The Labute approximate surface area is 156 Å². The average Bonchev–Trinajstić information content (AvgIpc) is 2.99. The van der Waals surface area contributed by atoms with E-state index < -0.39 is 0 Å². The van der Waals surface area contributed by atoms with Gasteiger partial charge in [0.25, 0.3) is 0 Å². The van der Waals surface area contributed by atoms with Crippen molar-refractivity contribution < 1.29 is 4.74 Å². The van der Waals surface area contributed by atoms with E-state index in [-0.39, 0.29) is 5.28 Å². The van der Waals surface area contributed by atoms with E-state index in [1.807, 2.05) is 24.3 Å². The fourth-order valence-corrected chi connectivity index (χ4v) is 4.74. The van der Waals surface area contributed by atoms with E-state index in [1.165, 1.54) is 23.3 Å². The summed E-state index contributed by atoms with van der Waals surface area (Å²) in [5.41, 5.74) is 2.29. The van der Waals surface area contributed by atoms with E-state index in [9.17, 15) is 0 Å². The summed E-state index contributed by atoms with van der Waals surface area (Å²) in [6, 6.07) is 7.95. The Morgan fingerprint density at radius 2 is 2.04 bits per heavy atom. The molecule has 1 aromatic carbocycles. The molecule has 4 rings (SSSR count). The van der Waals surface area contributed by atoms with Gasteiger partial charge in [-0.1, -0.05) is 19.1 Å². The van der Waals surface area contributed by atoms with Gasteiger partial charge < -0.3 is 10.1 Å². The molecule has 0 saturated carbocycles. The van der Waals surface area contributed by atoms with Gasteiger partial charge in [-0.15, -0.1) is 11.3 Å². The molecule has 0 atom stereocenters. The fraction of sp³-hybridized carbons (Fsp3) is 0.368. The van der Waals surface area contributed by atoms with E-state index in [4.69, 9.17) is 16.3 Å². The molecule has 25 heavy (non-hydrogen) atoms. The zero-order valence-corrected chi connectivity index (χ0v) is 15.7. The third-order valence-electron chi connectivity index (χ3n) is 4.39. The SMILES string of the molecule is CCCOc1ccccc1Nc1nc(Cl)nc2sc3c(c12)CCCC3. The van der Waals surface area contributed by atoms with Gasteiger partial charge in [0.05, 0.1) is 17.7 Å². The number of para-hydroxylation sites is 2. The number of fused-ring (bicyclic) bond motifs is 3. The molecule has 1 aliphatic carbocycles. The second kappa shape index (κ2) is 7.18. The molecule has 0 bridgehead atoms. The lowest BCUT2D eigenvalue weighted by Crippen LogP contribution is -2.03. The molecular formula is C19H20ClN3OS. The summed E-state index contributed by atoms with van der Waals surface area (Å²) >= 11 is 7.94. The minimum absolute atomic E-state index is 0.278. The van der Waals surface area contributed by atoms with Crippen LogP contribution in [0.25, 0.3) is 10.2 Å². The summed E-state index contributed by atoms with van der Waals surface area (Å²) in [5, 5.41) is 4.85. The molecule has 0 saturated heterocycles. The average molecular weight is 374 g/mol. The molecule has 1 aliphatic rings. The minimum Gasteiger partial charge on any atom is -0.491 e. The van der Waals surface area contributed by atoms with Crippen LogP contribution in [0.2, 0.25) is 5.28 Å². The van der Waals surface area contributed by atoms with Crippen LogP contribution in [-0.4, -0.2) is 16.6 Å². The largest absolute Gasteiger partial charge is 0.491 e. The Bertz CT molecular complexity index is 909. The van der Waals surface area contributed by atoms with Gasteiger partial charge >= 0.3 is 0 Å². The molecule has 0 unspecified atom stereocenters. The molecular weight excluding hydrogens is 354 g/mol. The maximum atomic E-state index is 6.19. The highest BCUT2D eigenvalue weighted by molar-refractivity contribution is 7.19. The van der Waals surface area contributed by atoms with Crippen molar-refractivity contribution in [2.75, 3.05) is 11.9 Å². The van der Waals surface area contributed by atoms with Crippen LogP contribution in [-0.2, 0) is 12.8 Å². The van der Waals surface area contributed by atoms with Crippen LogP contribution in [0.4, 0.5) is 11.5 Å². The summed E-state index contributed by atoms with van der Waals surface area (Å²) in [5.74, 6) is 1.61. The number of hydrogen-bond acceptors (Lipinski definition) is 5. The van der Waals surface area contributed by atoms with Gasteiger partial charge in [0.2, 0.25) is 5.28 Å². The predicted molar refractivity (Wildman–Crippen MR) is 105 cm³/mol. The van der Waals surface area contributed by atoms with E-state index >= 15 is 0 Å². The lowest BCUT2D eigenvalue weighted by molar-refractivity contribution is 0.319. The lowest BCUT2D eigenvalue weighted by Gasteiger charge is -2.15. The minimum atomic E-state index is 0.278. The van der Waals surface area contributed by atoms with Crippen LogP contribution in [0, 0.1) is 0 Å². The summed E-state index contributed by atoms with van der Waals surface area (Å²) in [6.07, 6.45) is 5.65. The molecule has 6 heteroatoms. The Morgan fingerprint density at radius 3 is 2.92 bits per heavy atom. The highest BCUT2D eigenvalue weighted by Gasteiger charge is 2.21. The number of thiophene rings is 1. The monoisotopic (exact) mass is 373 g/mol. The molecule has 0 spiro atoms. The smallest absolute Gasteiger partial charge is 0.225 e. The van der Waals surface area contributed by atoms with Crippen LogP contribution in [0.15, 0.2) is 24.3 Å². The first-order valence-corrected chi connectivity index (χ1v) is 9.92. The second-order valence-corrected chi connectivity index (χ2v) is 7.62. The predicted octanol–water partition coefficient (Wildman–Crippen LogP) is 5.76. The first kappa shape index (κ1) is 16.6. The van der Waals surface area contributed by atoms with Gasteiger partial charge in [0.15, 0.2) is 0 Å². The molecule has 3 aromatic rings. The van der Waals surface area contributed by atoms with Crippen LogP contribution in [0.5, 0.6) is 5.75 Å². The van der Waals surface area contributed by atoms with Gasteiger partial charge in [-0.25, -0.2) is 4.98 Å². The summed E-state index contributed by atoms with van der Waals surface area (Å²) in [6.45, 7) is 2.79. The fourth-order valence-electron chi connectivity index (χ4n) is 3.26. The van der Waals surface area contributed by atoms with Gasteiger partial charge in [-0.2, -0.15) is 4.98 Å². The number of anilines is 2. The molecule has 1 N–H and O–H groups in total. The number of ether oxygens (including phenoxy) is 1. The zero-order valence-electron chi connectivity index (χ0n) is 14.1. The van der Waals surface area contributed by atoms with Crippen molar-refractivity contribution in [2.24, 2.45) is 0 Å². The van der Waals surface area contributed by atoms with Crippen molar-refractivity contribution in [3.8, 4) is 5.75 Å². The second-order valence-electron chi connectivity index (χ2n) is 6.20. The summed E-state index contributed by atoms with van der Waals surface area (Å²) in [7, 11) is 0. The lowest BCUT2D eigenvalue weighted by atomic mass is 9.97. The number of aromatic nitrogens is 2. The zero-order chi connectivity index (χ0) is 17.2. The van der Waals surface area contributed by atoms with Crippen molar-refractivity contribution in [3.63, 3.8) is 0 Å². The molecule has 0 amide bonds. The first-order chi connectivity index (χ1) is 12.3. The Hall–Kier alpha value is -1.85. The molecule has 4 nitrogen and oxygen atoms in total. The molecule has 2 heterocycles. The van der Waals surface area contributed by atoms with Crippen LogP contribution in [0.1, 0.15) is 36.6 Å². The molecule has 0 radical (unpaired) electrons. The third-order valence-corrected chi connectivity index (χ3v) is 5.74. The van der Waals surface area contributed by atoms with Crippen molar-refractivity contribution in [1.82, 2.24) is 9.97 Å². The van der Waals surface area contributed by atoms with Crippen molar-refractivity contribution in [1.29, 1.82) is 0 Å². The van der Waals surface area contributed by atoms with Crippen molar-refractivity contribution >= 4 is 44.7 Å². The number of rotatable bonds is 5. The molecule has 2 aromatic heterocycles. The quantitative estimate of drug-likeness (QED) is 0.578. The number of hydrogen-bond donors (Lipinski definition) is 1.